The number of aliphatic hydroxyl groups excluding tert-OH is 1. The SMILES string of the molecule is C=C.CC(O)COc1ccccc1. The molecule has 0 heterocycles. The number of rotatable bonds is 3. The van der Waals surface area contributed by atoms with Crippen LogP contribution < -0.4 is 4.74 Å². The minimum absolute atomic E-state index is 0.351. The van der Waals surface area contributed by atoms with Gasteiger partial charge in [0.1, 0.15) is 12.4 Å². The zero-order valence-electron chi connectivity index (χ0n) is 7.94. The summed E-state index contributed by atoms with van der Waals surface area (Å²) in [5.41, 5.74) is 0. The molecule has 0 amide bonds. The molecule has 0 radical (unpaired) electrons. The average molecular weight is 180 g/mol. The molecule has 1 N–H and O–H groups in total. The molecular formula is C11H16O2. The maximum Gasteiger partial charge on any atom is 0.119 e. The van der Waals surface area contributed by atoms with Gasteiger partial charge >= 0.3 is 0 Å². The van der Waals surface area contributed by atoms with Crippen molar-refractivity contribution in [2.24, 2.45) is 0 Å². The van der Waals surface area contributed by atoms with Gasteiger partial charge in [-0.15, -0.1) is 13.2 Å². The van der Waals surface area contributed by atoms with Crippen molar-refractivity contribution in [1.29, 1.82) is 0 Å². The van der Waals surface area contributed by atoms with Crippen LogP contribution in [0.5, 0.6) is 5.75 Å². The van der Waals surface area contributed by atoms with Crippen LogP contribution in [-0.4, -0.2) is 17.8 Å². The zero-order valence-corrected chi connectivity index (χ0v) is 7.94. The Morgan fingerprint density at radius 2 is 1.85 bits per heavy atom. The molecule has 13 heavy (non-hydrogen) atoms. The van der Waals surface area contributed by atoms with Crippen LogP contribution in [0.4, 0.5) is 0 Å². The molecule has 1 aromatic carbocycles. The third-order valence-electron chi connectivity index (χ3n) is 1.23. The quantitative estimate of drug-likeness (QED) is 0.723. The van der Waals surface area contributed by atoms with E-state index in [-0.39, 0.29) is 0 Å². The summed E-state index contributed by atoms with van der Waals surface area (Å²) in [6, 6.07) is 9.45. The van der Waals surface area contributed by atoms with Gasteiger partial charge in [0.25, 0.3) is 0 Å². The molecule has 2 heteroatoms. The normalized spacial score (nSPS) is 10.9. The predicted octanol–water partition coefficient (Wildman–Crippen LogP) is 2.25. The summed E-state index contributed by atoms with van der Waals surface area (Å²) in [5, 5.41) is 8.89. The average Bonchev–Trinajstić information content (AvgIpc) is 2.19. The number of aliphatic hydroxyl groups is 1. The molecule has 1 atom stereocenters. The van der Waals surface area contributed by atoms with E-state index >= 15 is 0 Å². The second-order valence-electron chi connectivity index (χ2n) is 2.47. The summed E-state index contributed by atoms with van der Waals surface area (Å²) in [6.07, 6.45) is -0.407. The molecule has 0 spiro atoms. The molecule has 0 aliphatic heterocycles. The van der Waals surface area contributed by atoms with Crippen molar-refractivity contribution in [1.82, 2.24) is 0 Å². The van der Waals surface area contributed by atoms with Gasteiger partial charge in [0, 0.05) is 0 Å². The fraction of sp³-hybridized carbons (Fsp3) is 0.273. The van der Waals surface area contributed by atoms with Crippen molar-refractivity contribution in [3.05, 3.63) is 43.5 Å². The summed E-state index contributed by atoms with van der Waals surface area (Å²) in [5.74, 6) is 0.799. The van der Waals surface area contributed by atoms with E-state index in [0.29, 0.717) is 6.61 Å². The van der Waals surface area contributed by atoms with Crippen LogP contribution in [0.1, 0.15) is 6.92 Å². The minimum atomic E-state index is -0.407. The monoisotopic (exact) mass is 180 g/mol. The van der Waals surface area contributed by atoms with Crippen molar-refractivity contribution in [3.63, 3.8) is 0 Å². The molecule has 0 bridgehead atoms. The number of ether oxygens (including phenoxy) is 1. The van der Waals surface area contributed by atoms with Gasteiger partial charge in [-0.05, 0) is 19.1 Å². The molecule has 72 valence electrons. The first-order valence-electron chi connectivity index (χ1n) is 4.15. The van der Waals surface area contributed by atoms with E-state index in [2.05, 4.69) is 13.2 Å². The molecule has 0 aliphatic rings. The topological polar surface area (TPSA) is 29.5 Å². The fourth-order valence-electron chi connectivity index (χ4n) is 0.734. The summed E-state index contributed by atoms with van der Waals surface area (Å²) >= 11 is 0. The van der Waals surface area contributed by atoms with Crippen LogP contribution >= 0.6 is 0 Å². The van der Waals surface area contributed by atoms with Gasteiger partial charge in [-0.1, -0.05) is 18.2 Å². The lowest BCUT2D eigenvalue weighted by Gasteiger charge is -2.06. The maximum absolute atomic E-state index is 8.89. The van der Waals surface area contributed by atoms with Gasteiger partial charge in [-0.25, -0.2) is 0 Å². The highest BCUT2D eigenvalue weighted by molar-refractivity contribution is 5.20. The largest absolute Gasteiger partial charge is 0.491 e. The number of hydrogen-bond acceptors (Lipinski definition) is 2. The van der Waals surface area contributed by atoms with E-state index in [4.69, 9.17) is 9.84 Å². The van der Waals surface area contributed by atoms with Crippen molar-refractivity contribution >= 4 is 0 Å². The summed E-state index contributed by atoms with van der Waals surface area (Å²) in [6.45, 7) is 8.05. The lowest BCUT2D eigenvalue weighted by atomic mass is 10.3. The lowest BCUT2D eigenvalue weighted by Crippen LogP contribution is -2.12. The number of benzene rings is 1. The highest BCUT2D eigenvalue weighted by atomic mass is 16.5. The van der Waals surface area contributed by atoms with Crippen molar-refractivity contribution < 1.29 is 9.84 Å². The first-order chi connectivity index (χ1) is 6.29. The van der Waals surface area contributed by atoms with Crippen LogP contribution in [0.25, 0.3) is 0 Å². The van der Waals surface area contributed by atoms with Gasteiger partial charge in [-0.3, -0.25) is 0 Å². The first-order valence-corrected chi connectivity index (χ1v) is 4.15. The maximum atomic E-state index is 8.89. The third-order valence-corrected chi connectivity index (χ3v) is 1.23. The smallest absolute Gasteiger partial charge is 0.119 e. The van der Waals surface area contributed by atoms with Crippen LogP contribution in [0.2, 0.25) is 0 Å². The Hall–Kier alpha value is -1.28. The highest BCUT2D eigenvalue weighted by Crippen LogP contribution is 2.07. The predicted molar refractivity (Wildman–Crippen MR) is 54.9 cm³/mol. The molecule has 0 aromatic heterocycles. The van der Waals surface area contributed by atoms with E-state index in [9.17, 15) is 0 Å². The van der Waals surface area contributed by atoms with E-state index in [1.54, 1.807) is 6.92 Å². The van der Waals surface area contributed by atoms with E-state index in [1.165, 1.54) is 0 Å². The molecule has 1 unspecified atom stereocenters. The number of para-hydroxylation sites is 1. The molecular weight excluding hydrogens is 164 g/mol. The molecule has 0 fully saturated rings. The van der Waals surface area contributed by atoms with Crippen LogP contribution in [0.3, 0.4) is 0 Å². The van der Waals surface area contributed by atoms with Gasteiger partial charge in [-0.2, -0.15) is 0 Å². The van der Waals surface area contributed by atoms with Crippen LogP contribution in [0.15, 0.2) is 43.5 Å². The zero-order chi connectivity index (χ0) is 10.1. The summed E-state index contributed by atoms with van der Waals surface area (Å²) in [7, 11) is 0. The Labute approximate surface area is 79.5 Å². The minimum Gasteiger partial charge on any atom is -0.491 e. The molecule has 0 aliphatic carbocycles. The Bertz CT molecular complexity index is 207. The standard InChI is InChI=1S/C9H12O2.C2H4/c1-8(10)7-11-9-5-3-2-4-6-9;1-2/h2-6,8,10H,7H2,1H3;1-2H2. The summed E-state index contributed by atoms with van der Waals surface area (Å²) < 4.78 is 5.22. The lowest BCUT2D eigenvalue weighted by molar-refractivity contribution is 0.123. The Morgan fingerprint density at radius 3 is 2.31 bits per heavy atom. The van der Waals surface area contributed by atoms with Crippen LogP contribution in [-0.2, 0) is 0 Å². The molecule has 1 rings (SSSR count). The Balaban J connectivity index is 0.000000671. The summed E-state index contributed by atoms with van der Waals surface area (Å²) in [4.78, 5) is 0. The van der Waals surface area contributed by atoms with Crippen molar-refractivity contribution in [2.45, 2.75) is 13.0 Å². The third kappa shape index (κ3) is 5.93. The molecule has 2 nitrogen and oxygen atoms in total. The van der Waals surface area contributed by atoms with Gasteiger partial charge in [0.05, 0.1) is 6.10 Å². The van der Waals surface area contributed by atoms with E-state index in [1.807, 2.05) is 30.3 Å². The Morgan fingerprint density at radius 1 is 1.31 bits per heavy atom. The van der Waals surface area contributed by atoms with Crippen molar-refractivity contribution in [3.8, 4) is 5.75 Å². The highest BCUT2D eigenvalue weighted by Gasteiger charge is 1.95. The van der Waals surface area contributed by atoms with Gasteiger partial charge in [0.2, 0.25) is 0 Å². The molecule has 0 saturated carbocycles. The first kappa shape index (κ1) is 11.7. The van der Waals surface area contributed by atoms with Crippen molar-refractivity contribution in [2.75, 3.05) is 6.61 Å². The fourth-order valence-corrected chi connectivity index (χ4v) is 0.734. The second kappa shape index (κ2) is 7.37. The van der Waals surface area contributed by atoms with Gasteiger partial charge in [0.15, 0.2) is 0 Å². The molecule has 1 aromatic rings. The van der Waals surface area contributed by atoms with E-state index < -0.39 is 6.10 Å². The van der Waals surface area contributed by atoms with E-state index in [0.717, 1.165) is 5.75 Å². The number of hydrogen-bond donors (Lipinski definition) is 1. The van der Waals surface area contributed by atoms with Gasteiger partial charge < -0.3 is 9.84 Å². The molecule has 0 saturated heterocycles. The second-order valence-corrected chi connectivity index (χ2v) is 2.47. The Kier molecular flexibility index (Phi) is 6.65. The van der Waals surface area contributed by atoms with Crippen LogP contribution in [0, 0.1) is 0 Å².